The number of hydrogen-bond donors (Lipinski definition) is 2. The number of aromatic nitrogens is 2. The Balaban J connectivity index is 1.17. The van der Waals surface area contributed by atoms with Crippen LogP contribution in [-0.2, 0) is 19.1 Å². The third kappa shape index (κ3) is 6.75. The van der Waals surface area contributed by atoms with E-state index >= 15 is 0 Å². The van der Waals surface area contributed by atoms with E-state index in [0.717, 1.165) is 16.7 Å². The number of oxime groups is 1. The van der Waals surface area contributed by atoms with Crippen LogP contribution >= 0.6 is 34.9 Å². The van der Waals surface area contributed by atoms with E-state index in [-0.39, 0.29) is 17.2 Å². The highest BCUT2D eigenvalue weighted by atomic mass is 32.2. The molecule has 2 aliphatic heterocycles. The maximum absolute atomic E-state index is 14.3. The van der Waals surface area contributed by atoms with Crippen LogP contribution in [0.25, 0.3) is 11.5 Å². The van der Waals surface area contributed by atoms with Crippen LogP contribution in [0.15, 0.2) is 135 Å². The molecule has 0 spiro atoms. The number of β-lactam (4-membered cyclic amide) rings is 1. The fraction of sp³-hybridized carbons (Fsp3) is 0.143. The third-order valence-electron chi connectivity index (χ3n) is 7.82. The normalized spacial score (nSPS) is 17.4. The van der Waals surface area contributed by atoms with Gasteiger partial charge in [0.2, 0.25) is 5.89 Å². The van der Waals surface area contributed by atoms with Crippen LogP contribution in [0.4, 0.5) is 0 Å². The Morgan fingerprint density at radius 2 is 1.65 bits per heavy atom. The highest BCUT2D eigenvalue weighted by Gasteiger charge is 2.55. The minimum Gasteiger partial charge on any atom is -0.448 e. The van der Waals surface area contributed by atoms with Gasteiger partial charge in [-0.2, -0.15) is 0 Å². The number of esters is 1. The van der Waals surface area contributed by atoms with Gasteiger partial charge in [0.1, 0.15) is 17.1 Å². The van der Waals surface area contributed by atoms with Crippen molar-refractivity contribution in [2.75, 3.05) is 11.5 Å². The van der Waals surface area contributed by atoms with Crippen molar-refractivity contribution in [3.05, 3.63) is 136 Å². The molecule has 5 aromatic rings. The van der Waals surface area contributed by atoms with Crippen molar-refractivity contribution in [1.82, 2.24) is 20.4 Å². The summed E-state index contributed by atoms with van der Waals surface area (Å²) in [5.74, 6) is -0.856. The summed E-state index contributed by atoms with van der Waals surface area (Å²) < 4.78 is 12.1. The number of nitrogens with one attached hydrogen (secondary N) is 1. The highest BCUT2D eigenvalue weighted by Crippen LogP contribution is 2.43. The molecule has 2 amide bonds. The van der Waals surface area contributed by atoms with Gasteiger partial charge in [-0.05, 0) is 40.3 Å². The van der Waals surface area contributed by atoms with Gasteiger partial charge in [0, 0.05) is 17.1 Å². The maximum Gasteiger partial charge on any atom is 0.356 e. The van der Waals surface area contributed by atoms with Crippen LogP contribution in [-0.4, -0.2) is 66.7 Å². The van der Waals surface area contributed by atoms with Gasteiger partial charge >= 0.3 is 5.97 Å². The average molecular weight is 710 g/mol. The van der Waals surface area contributed by atoms with Crippen LogP contribution < -0.4 is 5.32 Å². The molecule has 0 saturated carbocycles. The van der Waals surface area contributed by atoms with E-state index in [0.29, 0.717) is 27.3 Å². The van der Waals surface area contributed by atoms with Crippen LogP contribution in [0.5, 0.6) is 0 Å². The molecule has 2 aliphatic rings. The molecule has 11 nitrogen and oxygen atoms in total. The monoisotopic (exact) mass is 709 g/mol. The number of carbonyl (C=O) groups excluding carboxylic acids is 3. The molecule has 1 saturated heterocycles. The van der Waals surface area contributed by atoms with Crippen molar-refractivity contribution < 1.29 is 28.7 Å². The lowest BCUT2D eigenvalue weighted by molar-refractivity contribution is -0.154. The standard InChI is InChI=1S/C35H27N5O6S3/c41-30(26(39-44)25-17-10-18-47-25)36-27-32(42)40-28(34(43)45-29(21-11-4-1-5-12-21)22-13-6-2-7-14-22)24(19-48-33(27)40)20-49-35-38-37-31(46-35)23-15-8-3-9-16-23/h1-18,27,29,33,44H,19-20H2,(H,36,41)/t27-,33+/m1/s1. The summed E-state index contributed by atoms with van der Waals surface area (Å²) in [5.41, 5.74) is 2.87. The van der Waals surface area contributed by atoms with Gasteiger partial charge in [-0.15, -0.1) is 33.3 Å². The first-order chi connectivity index (χ1) is 24.0. The lowest BCUT2D eigenvalue weighted by Crippen LogP contribution is -2.71. The van der Waals surface area contributed by atoms with E-state index in [2.05, 4.69) is 20.7 Å². The molecule has 0 aliphatic carbocycles. The fourth-order valence-electron chi connectivity index (χ4n) is 5.47. The molecule has 4 heterocycles. The highest BCUT2D eigenvalue weighted by molar-refractivity contribution is 8.01. The molecule has 0 radical (unpaired) electrons. The van der Waals surface area contributed by atoms with Gasteiger partial charge in [-0.3, -0.25) is 14.5 Å². The van der Waals surface area contributed by atoms with Crippen molar-refractivity contribution in [2.24, 2.45) is 5.16 Å². The Labute approximate surface area is 293 Å². The number of benzene rings is 3. The molecule has 2 atom stereocenters. The summed E-state index contributed by atoms with van der Waals surface area (Å²) >= 11 is 3.89. The minimum atomic E-state index is -0.949. The average Bonchev–Trinajstić information content (AvgIpc) is 3.86. The fourth-order valence-corrected chi connectivity index (χ4v) is 8.43. The molecule has 246 valence electrons. The maximum atomic E-state index is 14.3. The quantitative estimate of drug-likeness (QED) is 0.0434. The zero-order valence-electron chi connectivity index (χ0n) is 25.5. The summed E-state index contributed by atoms with van der Waals surface area (Å²) in [7, 11) is 0. The summed E-state index contributed by atoms with van der Waals surface area (Å²) in [6, 6.07) is 30.6. The molecule has 2 N–H and O–H groups in total. The first-order valence-electron chi connectivity index (χ1n) is 15.1. The van der Waals surface area contributed by atoms with Crippen LogP contribution in [0.3, 0.4) is 0 Å². The molecule has 3 aromatic carbocycles. The number of carbonyl (C=O) groups is 3. The molecule has 7 rings (SSSR count). The summed E-state index contributed by atoms with van der Waals surface area (Å²) in [5, 5.41) is 25.2. The van der Waals surface area contributed by atoms with E-state index in [1.807, 2.05) is 91.0 Å². The van der Waals surface area contributed by atoms with Crippen LogP contribution in [0.2, 0.25) is 0 Å². The van der Waals surface area contributed by atoms with Gasteiger partial charge in [-0.1, -0.05) is 102 Å². The number of fused-ring (bicyclic) bond motifs is 1. The first kappa shape index (κ1) is 32.4. The molecule has 2 aromatic heterocycles. The van der Waals surface area contributed by atoms with Crippen molar-refractivity contribution >= 4 is 58.4 Å². The summed E-state index contributed by atoms with van der Waals surface area (Å²) in [6.45, 7) is 0. The Morgan fingerprint density at radius 1 is 0.980 bits per heavy atom. The van der Waals surface area contributed by atoms with E-state index < -0.39 is 35.3 Å². The molecule has 14 heteroatoms. The lowest BCUT2D eigenvalue weighted by atomic mass is 10.0. The third-order valence-corrected chi connectivity index (χ3v) is 10.9. The number of ether oxygens (including phenoxy) is 1. The van der Waals surface area contributed by atoms with Crippen molar-refractivity contribution in [3.8, 4) is 11.5 Å². The zero-order valence-corrected chi connectivity index (χ0v) is 28.0. The minimum absolute atomic E-state index is 0.112. The van der Waals surface area contributed by atoms with E-state index in [9.17, 15) is 19.6 Å². The van der Waals surface area contributed by atoms with Gasteiger partial charge in [0.05, 0.1) is 4.88 Å². The molecular formula is C35H27N5O6S3. The molecule has 1 fully saturated rings. The molecule has 49 heavy (non-hydrogen) atoms. The van der Waals surface area contributed by atoms with E-state index in [1.54, 1.807) is 17.5 Å². The summed E-state index contributed by atoms with van der Waals surface area (Å²) in [6.07, 6.45) is -0.741. The Kier molecular flexibility index (Phi) is 9.59. The van der Waals surface area contributed by atoms with E-state index in [4.69, 9.17) is 9.15 Å². The van der Waals surface area contributed by atoms with Gasteiger partial charge in [0.15, 0.2) is 11.8 Å². The van der Waals surface area contributed by atoms with Crippen molar-refractivity contribution in [3.63, 3.8) is 0 Å². The molecule has 0 unspecified atom stereocenters. The second kappa shape index (κ2) is 14.5. The number of nitrogens with zero attached hydrogens (tertiary/aromatic N) is 4. The van der Waals surface area contributed by atoms with Crippen molar-refractivity contribution in [2.45, 2.75) is 22.7 Å². The summed E-state index contributed by atoms with van der Waals surface area (Å²) in [4.78, 5) is 42.9. The molecular weight excluding hydrogens is 683 g/mol. The van der Waals surface area contributed by atoms with Crippen LogP contribution in [0, 0.1) is 0 Å². The van der Waals surface area contributed by atoms with Crippen molar-refractivity contribution in [1.29, 1.82) is 0 Å². The smallest absolute Gasteiger partial charge is 0.356 e. The first-order valence-corrected chi connectivity index (χ1v) is 18.0. The number of thioether (sulfide) groups is 2. The van der Waals surface area contributed by atoms with Gasteiger partial charge in [0.25, 0.3) is 17.0 Å². The van der Waals surface area contributed by atoms with Crippen LogP contribution in [0.1, 0.15) is 22.1 Å². The predicted octanol–water partition coefficient (Wildman–Crippen LogP) is 5.76. The number of hydrogen-bond acceptors (Lipinski definition) is 12. The largest absolute Gasteiger partial charge is 0.448 e. The Hall–Kier alpha value is -5.18. The lowest BCUT2D eigenvalue weighted by Gasteiger charge is -2.49. The Bertz CT molecular complexity index is 1980. The predicted molar refractivity (Wildman–Crippen MR) is 186 cm³/mol. The molecule has 0 bridgehead atoms. The van der Waals surface area contributed by atoms with Gasteiger partial charge in [-0.25, -0.2) is 4.79 Å². The number of rotatable bonds is 11. The van der Waals surface area contributed by atoms with Gasteiger partial charge < -0.3 is 19.7 Å². The number of amides is 2. The second-order valence-electron chi connectivity index (χ2n) is 10.9. The SMILES string of the molecule is O=C(N[C@@H]1C(=O)N2C(C(=O)OC(c3ccccc3)c3ccccc3)=C(CSc3nnc(-c4ccccc4)o3)CS[C@@H]12)C(=NO)c1cccs1. The number of thiophene rings is 1. The second-order valence-corrected chi connectivity index (χ2v) is 13.9. The Morgan fingerprint density at radius 3 is 2.29 bits per heavy atom. The zero-order chi connectivity index (χ0) is 33.7. The topological polar surface area (TPSA) is 147 Å². The van der Waals surface area contributed by atoms with E-state index in [1.165, 1.54) is 39.8 Å².